The minimum atomic E-state index is -1.63. The van der Waals surface area contributed by atoms with Gasteiger partial charge in [-0.2, -0.15) is 0 Å². The van der Waals surface area contributed by atoms with Crippen LogP contribution >= 0.6 is 21.6 Å². The number of aliphatic carboxylic acids is 3. The van der Waals surface area contributed by atoms with Crippen LogP contribution in [0.15, 0.2) is 97.4 Å². The zero-order chi connectivity index (χ0) is 73.0. The number of nitrogens with two attached hydrogens (primary N) is 1. The fourth-order valence-electron chi connectivity index (χ4n) is 11.8. The van der Waals surface area contributed by atoms with Gasteiger partial charge in [0, 0.05) is 177 Å². The molecule has 1 radical (unpaired) electrons. The molecule has 32 heteroatoms. The molecule has 0 bridgehead atoms. The van der Waals surface area contributed by atoms with Gasteiger partial charge in [0.25, 0.3) is 0 Å². The summed E-state index contributed by atoms with van der Waals surface area (Å²) in [6, 6.07) is 14.3. The molecule has 1 aromatic heterocycles. The van der Waals surface area contributed by atoms with Crippen LogP contribution < -0.4 is 47.6 Å². The SMILES string of the molecule is C=C([O-])CN1CCN(CC(=O)[O-])CCN(CC(=O)[O-])CCN(CC(=O)NC(Cc2ccccc2)C(=O)CC2CSSCC(C(=O)CC(C(=O)O)C(C)O)NC(=O)C(C(C)O)CC(=O)C(CCCCN)NC(=O)C(Cc3c[nH]c4ccccc34)NC(=O)C(Cc3ccc(O)cc3)NC2=O)CC1.[225Ac]. The molecule has 2 aliphatic rings. The summed E-state index contributed by atoms with van der Waals surface area (Å²) in [4.78, 5) is 164. The largest absolute Gasteiger partial charge is 0.875 e. The number of hydrogen-bond donors (Lipinski definition) is 11. The summed E-state index contributed by atoms with van der Waals surface area (Å²) in [6.07, 6.45) is -3.34. The molecular formula is C69H92AcN11O18S2-3. The third kappa shape index (κ3) is 29.1. The van der Waals surface area contributed by atoms with Crippen LogP contribution in [0.1, 0.15) is 69.1 Å². The van der Waals surface area contributed by atoms with E-state index < -0.39 is 163 Å². The van der Waals surface area contributed by atoms with E-state index in [9.17, 15) is 69.3 Å². The number of nitrogens with one attached hydrogen (secondary N) is 6. The van der Waals surface area contributed by atoms with E-state index in [1.165, 1.54) is 43.0 Å². The Morgan fingerprint density at radius 1 is 0.663 bits per heavy atom. The van der Waals surface area contributed by atoms with Gasteiger partial charge in [0.05, 0.1) is 66.6 Å². The molecule has 4 aromatic rings. The van der Waals surface area contributed by atoms with Crippen molar-refractivity contribution in [3.63, 3.8) is 0 Å². The molecule has 2 aliphatic heterocycles. The molecule has 549 valence electrons. The van der Waals surface area contributed by atoms with E-state index in [0.29, 0.717) is 40.4 Å². The molecule has 2 saturated heterocycles. The topological polar surface area (TPSA) is 453 Å². The number of aromatic hydroxyl groups is 1. The predicted molar refractivity (Wildman–Crippen MR) is 367 cm³/mol. The van der Waals surface area contributed by atoms with Crippen LogP contribution in [0.4, 0.5) is 0 Å². The fourth-order valence-corrected chi connectivity index (χ4v) is 14.3. The molecule has 0 spiro atoms. The summed E-state index contributed by atoms with van der Waals surface area (Å²) in [6.45, 7) is 5.63. The number of rotatable bonds is 28. The van der Waals surface area contributed by atoms with E-state index in [4.69, 9.17) is 5.73 Å². The van der Waals surface area contributed by atoms with Crippen LogP contribution in [0, 0.1) is 61.8 Å². The first-order chi connectivity index (χ1) is 47.7. The minimum absolute atomic E-state index is 0. The number of unbranched alkanes of at least 4 members (excludes halogenated alkanes) is 1. The van der Waals surface area contributed by atoms with Crippen LogP contribution in [0.25, 0.3) is 10.9 Å². The number of nitrogens with zero attached hydrogens (tertiary/aromatic N) is 4. The number of phenolic OH excluding ortho intramolecular Hbond substituents is 1. The molecule has 3 aromatic carbocycles. The number of benzene rings is 3. The molecular weight excluding hydrogens is 1560 g/mol. The minimum Gasteiger partial charge on any atom is -0.875 e. The number of H-pyrrole nitrogens is 1. The summed E-state index contributed by atoms with van der Waals surface area (Å²) in [7, 11) is 1.87. The van der Waals surface area contributed by atoms with Crippen molar-refractivity contribution in [3.8, 4) is 5.75 Å². The number of aromatic nitrogens is 1. The normalized spacial score (nSPS) is 21.8. The van der Waals surface area contributed by atoms with E-state index >= 15 is 19.2 Å². The molecule has 0 aliphatic carbocycles. The van der Waals surface area contributed by atoms with Gasteiger partial charge in [-0.15, -0.1) is 12.3 Å². The smallest absolute Gasteiger partial charge is 0.309 e. The van der Waals surface area contributed by atoms with Crippen molar-refractivity contribution in [2.45, 2.75) is 114 Å². The summed E-state index contributed by atoms with van der Waals surface area (Å²) in [5, 5.41) is 92.5. The Labute approximate surface area is 630 Å². The van der Waals surface area contributed by atoms with Gasteiger partial charge < -0.3 is 82.6 Å². The maximum atomic E-state index is 15.4. The number of carboxylic acid groups (broad SMARTS) is 3. The molecule has 101 heavy (non-hydrogen) atoms. The number of Topliss-reactive ketones (excluding diaryl/α,β-unsaturated/α-hetero) is 3. The van der Waals surface area contributed by atoms with Gasteiger partial charge >= 0.3 is 5.97 Å². The zero-order valence-electron chi connectivity index (χ0n) is 56.8. The maximum Gasteiger partial charge on any atom is 0.309 e. The summed E-state index contributed by atoms with van der Waals surface area (Å²) in [5.74, 6) is -16.5. The molecule has 29 nitrogen and oxygen atoms in total. The van der Waals surface area contributed by atoms with Gasteiger partial charge in [-0.1, -0.05) is 82.3 Å². The second-order valence-corrected chi connectivity index (χ2v) is 28.0. The number of carbonyl (C=O) groups excluding carboxylic acids is 10. The molecule has 12 N–H and O–H groups in total. The number of carboxylic acids is 3. The molecule has 5 amide bonds. The van der Waals surface area contributed by atoms with Gasteiger partial charge in [-0.3, -0.25) is 62.8 Å². The van der Waals surface area contributed by atoms with Crippen molar-refractivity contribution in [3.05, 3.63) is 114 Å². The third-order valence-corrected chi connectivity index (χ3v) is 20.1. The summed E-state index contributed by atoms with van der Waals surface area (Å²) >= 11 is 0. The first-order valence-electron chi connectivity index (χ1n) is 33.3. The van der Waals surface area contributed by atoms with Crippen molar-refractivity contribution in [1.29, 1.82) is 0 Å². The number of aliphatic hydroxyl groups excluding tert-OH is 2. The average molecular weight is 1650 g/mol. The number of fused-ring (bicyclic) bond motifs is 1. The quantitative estimate of drug-likeness (QED) is 0.0154. The number of amides is 5. The number of hydrogen-bond acceptors (Lipinski definition) is 24. The second kappa shape index (κ2) is 43.3. The summed E-state index contributed by atoms with van der Waals surface area (Å²) < 4.78 is 0. The third-order valence-electron chi connectivity index (χ3n) is 17.6. The Bertz CT molecular complexity index is 3410. The number of para-hydroxylation sites is 1. The molecule has 10 unspecified atom stereocenters. The molecule has 6 rings (SSSR count). The van der Waals surface area contributed by atoms with E-state index in [1.54, 1.807) is 75.5 Å². The van der Waals surface area contributed by atoms with Crippen LogP contribution in [-0.4, -0.2) is 249 Å². The van der Waals surface area contributed by atoms with E-state index in [-0.39, 0.29) is 159 Å². The van der Waals surface area contributed by atoms with E-state index in [0.717, 1.165) is 21.6 Å². The standard InChI is InChI=1S/C69H95N11O18S2.Ac/c1-42(81)36-77-21-23-78(24-26-80(39-64(91)92)28-27-79(25-22-77)38-63(89)90)37-62(88)72-55(29-45-11-5-4-6-12-45)59(85)32-48-40-99-100-41-58(61(87)34-52(44(3)83)69(97)98)76-66(94)51(43(2)82)33-60(86)54(15-9-10-20-70)73-68(96)57(31-47-35-71-53-14-8-7-13-50(47)53)75-67(95)56(74-65(48)93)30-46-16-18-49(84)19-17-46;/h4-8,11-14,16-19,35,43-44,48,51-52,54-58,71,81-84H,1,9-10,15,20-34,36-41,70H2,2-3H3,(H,72,88)(H,73,96)(H,74,93)(H,75,95)(H,76,94)(H,89,90)(H,91,92)(H,97,98);/p-3/i;1-2. The molecule has 0 saturated carbocycles. The van der Waals surface area contributed by atoms with Crippen LogP contribution in [-0.2, 0) is 72.0 Å². The van der Waals surface area contributed by atoms with E-state index in [2.05, 4.69) is 38.1 Å². The van der Waals surface area contributed by atoms with Crippen molar-refractivity contribution >= 4 is 97.3 Å². The van der Waals surface area contributed by atoms with Crippen molar-refractivity contribution in [2.75, 3.05) is 96.6 Å². The Balaban J connectivity index is 0.0000184. The number of aromatic amines is 1. The van der Waals surface area contributed by atoms with Crippen LogP contribution in [0.2, 0.25) is 0 Å². The van der Waals surface area contributed by atoms with Gasteiger partial charge in [-0.25, -0.2) is 0 Å². The van der Waals surface area contributed by atoms with Gasteiger partial charge in [-0.05, 0) is 81.0 Å². The van der Waals surface area contributed by atoms with Crippen molar-refractivity contribution in [1.82, 2.24) is 51.2 Å². The van der Waals surface area contributed by atoms with Gasteiger partial charge in [0.15, 0.2) is 17.3 Å². The molecule has 2 fully saturated rings. The van der Waals surface area contributed by atoms with Gasteiger partial charge in [0.2, 0.25) is 29.5 Å². The first-order valence-corrected chi connectivity index (χ1v) is 35.8. The molecule has 3 heterocycles. The monoisotopic (exact) mass is 1650 g/mol. The number of aliphatic hydroxyl groups is 2. The van der Waals surface area contributed by atoms with Crippen LogP contribution in [0.3, 0.4) is 0 Å². The number of phenols is 1. The Morgan fingerprint density at radius 3 is 1.77 bits per heavy atom. The average Bonchev–Trinajstić information content (AvgIpc) is 1.73. The Hall–Kier alpha value is -6.83. The Kier molecular flexibility index (Phi) is 36.4. The Morgan fingerprint density at radius 2 is 1.21 bits per heavy atom. The van der Waals surface area contributed by atoms with Crippen molar-refractivity contribution in [2.24, 2.45) is 23.5 Å². The second-order valence-electron chi connectivity index (χ2n) is 25.5. The zero-order valence-corrected chi connectivity index (χ0v) is 63.2. The van der Waals surface area contributed by atoms with E-state index in [1.807, 2.05) is 0 Å². The summed E-state index contributed by atoms with van der Waals surface area (Å²) in [5.41, 5.74) is 8.14. The fraction of sp³-hybridized carbons (Fsp3) is 0.522. The first kappa shape index (κ1) is 84.8. The predicted octanol–water partition coefficient (Wildman–Crippen LogP) is -2.98. The van der Waals surface area contributed by atoms with Gasteiger partial charge in [0.1, 0.15) is 17.8 Å². The maximum absolute atomic E-state index is 15.4. The number of carbonyl (C=O) groups is 11. The van der Waals surface area contributed by atoms with Crippen LogP contribution in [0.5, 0.6) is 5.75 Å². The van der Waals surface area contributed by atoms with Crippen molar-refractivity contribution < 1.29 is 133 Å². The number of ketones is 3. The molecule has 10 atom stereocenters.